The van der Waals surface area contributed by atoms with E-state index < -0.39 is 0 Å². The lowest BCUT2D eigenvalue weighted by atomic mass is 9.97. The maximum Gasteiger partial charge on any atom is 0.142 e. The molecule has 0 spiro atoms. The maximum absolute atomic E-state index is 5.96. The largest absolute Gasteiger partial charge is 0.490 e. The Bertz CT molecular complexity index is 526. The van der Waals surface area contributed by atoms with Crippen molar-refractivity contribution in [2.45, 2.75) is 25.7 Å². The lowest BCUT2D eigenvalue weighted by Crippen LogP contribution is -2.38. The molecule has 3 aliphatic rings. The number of anilines is 1. The van der Waals surface area contributed by atoms with Crippen molar-refractivity contribution in [3.63, 3.8) is 0 Å². The van der Waals surface area contributed by atoms with E-state index in [0.717, 1.165) is 70.5 Å². The predicted octanol–water partition coefficient (Wildman–Crippen LogP) is 2.00. The molecule has 0 aromatic heterocycles. The minimum atomic E-state index is 0.764. The molecule has 1 N–H and O–H groups in total. The van der Waals surface area contributed by atoms with Gasteiger partial charge in [-0.05, 0) is 68.0 Å². The quantitative estimate of drug-likeness (QED) is 0.906. The van der Waals surface area contributed by atoms with Gasteiger partial charge in [0.15, 0.2) is 0 Å². The highest BCUT2D eigenvalue weighted by atomic mass is 16.5. The van der Waals surface area contributed by atoms with Gasteiger partial charge >= 0.3 is 0 Å². The van der Waals surface area contributed by atoms with Crippen molar-refractivity contribution in [1.82, 2.24) is 5.32 Å². The van der Waals surface area contributed by atoms with Gasteiger partial charge in [-0.1, -0.05) is 0 Å². The fraction of sp³-hybridized carbons (Fsp3) is 0.667. The first-order chi connectivity index (χ1) is 10.9. The van der Waals surface area contributed by atoms with Crippen molar-refractivity contribution >= 4 is 5.69 Å². The van der Waals surface area contributed by atoms with Crippen LogP contribution in [0.5, 0.6) is 5.75 Å². The summed E-state index contributed by atoms with van der Waals surface area (Å²) in [5.41, 5.74) is 4.29. The SMILES string of the molecule is c1c2c(cc3c1OCCN3CC1CCOCC1)CCNCC2. The van der Waals surface area contributed by atoms with Crippen LogP contribution in [0.1, 0.15) is 24.0 Å². The number of hydrogen-bond donors (Lipinski definition) is 1. The van der Waals surface area contributed by atoms with Crippen molar-refractivity contribution in [2.24, 2.45) is 5.92 Å². The molecule has 0 saturated carbocycles. The van der Waals surface area contributed by atoms with E-state index in [1.165, 1.54) is 29.7 Å². The first-order valence-corrected chi connectivity index (χ1v) is 8.72. The maximum atomic E-state index is 5.96. The van der Waals surface area contributed by atoms with E-state index in [2.05, 4.69) is 22.3 Å². The van der Waals surface area contributed by atoms with Crippen molar-refractivity contribution in [1.29, 1.82) is 0 Å². The van der Waals surface area contributed by atoms with E-state index in [0.29, 0.717) is 0 Å². The number of nitrogens with one attached hydrogen (secondary N) is 1. The average Bonchev–Trinajstić information content (AvgIpc) is 2.79. The van der Waals surface area contributed by atoms with Gasteiger partial charge < -0.3 is 19.7 Å². The molecule has 0 bridgehead atoms. The molecule has 3 heterocycles. The normalized spacial score (nSPS) is 22.5. The number of rotatable bonds is 2. The van der Waals surface area contributed by atoms with E-state index in [-0.39, 0.29) is 0 Å². The summed E-state index contributed by atoms with van der Waals surface area (Å²) < 4.78 is 11.5. The summed E-state index contributed by atoms with van der Waals surface area (Å²) in [5, 5.41) is 3.49. The van der Waals surface area contributed by atoms with Crippen LogP contribution in [0.4, 0.5) is 5.69 Å². The smallest absolute Gasteiger partial charge is 0.142 e. The Balaban J connectivity index is 1.58. The average molecular weight is 302 g/mol. The fourth-order valence-electron chi connectivity index (χ4n) is 3.87. The van der Waals surface area contributed by atoms with E-state index >= 15 is 0 Å². The molecular formula is C18H26N2O2. The number of hydrogen-bond acceptors (Lipinski definition) is 4. The fourth-order valence-corrected chi connectivity index (χ4v) is 3.87. The lowest BCUT2D eigenvalue weighted by Gasteiger charge is -2.36. The molecule has 22 heavy (non-hydrogen) atoms. The molecule has 120 valence electrons. The third-order valence-electron chi connectivity index (χ3n) is 5.20. The summed E-state index contributed by atoms with van der Waals surface area (Å²) in [7, 11) is 0. The first kappa shape index (κ1) is 14.3. The summed E-state index contributed by atoms with van der Waals surface area (Å²) in [6.07, 6.45) is 4.64. The van der Waals surface area contributed by atoms with Crippen LogP contribution >= 0.6 is 0 Å². The Morgan fingerprint density at radius 2 is 1.82 bits per heavy atom. The van der Waals surface area contributed by atoms with Crippen LogP contribution in [0.2, 0.25) is 0 Å². The Kier molecular flexibility index (Phi) is 4.22. The zero-order valence-electron chi connectivity index (χ0n) is 13.3. The van der Waals surface area contributed by atoms with Crippen LogP contribution in [-0.2, 0) is 17.6 Å². The van der Waals surface area contributed by atoms with Crippen LogP contribution in [0.3, 0.4) is 0 Å². The predicted molar refractivity (Wildman–Crippen MR) is 88.0 cm³/mol. The minimum Gasteiger partial charge on any atom is -0.490 e. The Morgan fingerprint density at radius 3 is 2.64 bits per heavy atom. The molecule has 0 aliphatic carbocycles. The highest BCUT2D eigenvalue weighted by molar-refractivity contribution is 5.63. The van der Waals surface area contributed by atoms with Gasteiger partial charge in [-0.2, -0.15) is 0 Å². The molecule has 0 unspecified atom stereocenters. The molecular weight excluding hydrogens is 276 g/mol. The van der Waals surface area contributed by atoms with Gasteiger partial charge in [-0.15, -0.1) is 0 Å². The number of nitrogens with zero attached hydrogens (tertiary/aromatic N) is 1. The van der Waals surface area contributed by atoms with E-state index in [1.54, 1.807) is 0 Å². The summed E-state index contributed by atoms with van der Waals surface area (Å²) in [5.74, 6) is 1.86. The summed E-state index contributed by atoms with van der Waals surface area (Å²) in [6, 6.07) is 4.70. The molecule has 4 nitrogen and oxygen atoms in total. The second-order valence-electron chi connectivity index (χ2n) is 6.69. The molecule has 1 saturated heterocycles. The summed E-state index contributed by atoms with van der Waals surface area (Å²) in [4.78, 5) is 2.55. The molecule has 3 aliphatic heterocycles. The summed E-state index contributed by atoms with van der Waals surface area (Å²) in [6.45, 7) is 7.00. The van der Waals surface area contributed by atoms with Crippen LogP contribution in [-0.4, -0.2) is 46.0 Å². The number of benzene rings is 1. The monoisotopic (exact) mass is 302 g/mol. The number of ether oxygens (including phenoxy) is 2. The van der Waals surface area contributed by atoms with Gasteiger partial charge in [0, 0.05) is 19.8 Å². The highest BCUT2D eigenvalue weighted by Crippen LogP contribution is 2.36. The highest BCUT2D eigenvalue weighted by Gasteiger charge is 2.24. The molecule has 0 atom stereocenters. The topological polar surface area (TPSA) is 33.7 Å². The van der Waals surface area contributed by atoms with E-state index in [4.69, 9.17) is 9.47 Å². The van der Waals surface area contributed by atoms with Crippen molar-refractivity contribution in [3.8, 4) is 5.75 Å². The molecule has 0 radical (unpaired) electrons. The third kappa shape index (κ3) is 2.95. The molecule has 0 amide bonds. The first-order valence-electron chi connectivity index (χ1n) is 8.72. The third-order valence-corrected chi connectivity index (χ3v) is 5.20. The second-order valence-corrected chi connectivity index (χ2v) is 6.69. The van der Waals surface area contributed by atoms with E-state index in [1.807, 2.05) is 0 Å². The van der Waals surface area contributed by atoms with Crippen molar-refractivity contribution in [2.75, 3.05) is 50.9 Å². The zero-order chi connectivity index (χ0) is 14.8. The van der Waals surface area contributed by atoms with E-state index in [9.17, 15) is 0 Å². The molecule has 4 heteroatoms. The van der Waals surface area contributed by atoms with Crippen LogP contribution in [0.25, 0.3) is 0 Å². The van der Waals surface area contributed by atoms with Gasteiger partial charge in [0.05, 0.1) is 12.2 Å². The zero-order valence-corrected chi connectivity index (χ0v) is 13.3. The Hall–Kier alpha value is -1.26. The Morgan fingerprint density at radius 1 is 1.05 bits per heavy atom. The number of fused-ring (bicyclic) bond motifs is 2. The van der Waals surface area contributed by atoms with Crippen LogP contribution in [0, 0.1) is 5.92 Å². The molecule has 4 rings (SSSR count). The minimum absolute atomic E-state index is 0.764. The summed E-state index contributed by atoms with van der Waals surface area (Å²) >= 11 is 0. The molecule has 1 aromatic rings. The van der Waals surface area contributed by atoms with Crippen LogP contribution in [0.15, 0.2) is 12.1 Å². The second kappa shape index (κ2) is 6.47. The molecule has 1 fully saturated rings. The van der Waals surface area contributed by atoms with Gasteiger partial charge in [-0.25, -0.2) is 0 Å². The van der Waals surface area contributed by atoms with Gasteiger partial charge in [0.2, 0.25) is 0 Å². The van der Waals surface area contributed by atoms with Crippen molar-refractivity contribution in [3.05, 3.63) is 23.3 Å². The van der Waals surface area contributed by atoms with Crippen LogP contribution < -0.4 is 15.0 Å². The standard InChI is InChI=1S/C18H26N2O2/c1-5-19-6-2-16-12-18-17(11-15(1)16)20(7-10-22-18)13-14-3-8-21-9-4-14/h11-12,14,19H,1-10,13H2. The van der Waals surface area contributed by atoms with Gasteiger partial charge in [-0.3, -0.25) is 0 Å². The van der Waals surface area contributed by atoms with Crippen molar-refractivity contribution < 1.29 is 9.47 Å². The van der Waals surface area contributed by atoms with Gasteiger partial charge in [0.25, 0.3) is 0 Å². The van der Waals surface area contributed by atoms with Gasteiger partial charge in [0.1, 0.15) is 12.4 Å². The Labute approximate surface area is 132 Å². The lowest BCUT2D eigenvalue weighted by molar-refractivity contribution is 0.0678. The molecule has 1 aromatic carbocycles.